The number of amides is 1. The minimum Gasteiger partial charge on any atom is -0.356 e. The fourth-order valence-electron chi connectivity index (χ4n) is 2.53. The molecule has 2 rings (SSSR count). The maximum Gasteiger partial charge on any atom is 0.221 e. The van der Waals surface area contributed by atoms with E-state index in [-0.39, 0.29) is 11.4 Å². The molecular weight excluding hydrogens is 190 g/mol. The van der Waals surface area contributed by atoms with E-state index >= 15 is 0 Å². The molecule has 0 bridgehead atoms. The molecule has 2 aliphatic rings. The molecule has 2 heterocycles. The van der Waals surface area contributed by atoms with Gasteiger partial charge in [0.25, 0.3) is 0 Å². The van der Waals surface area contributed by atoms with Gasteiger partial charge in [-0.3, -0.25) is 4.79 Å². The van der Waals surface area contributed by atoms with E-state index in [2.05, 4.69) is 22.9 Å². The summed E-state index contributed by atoms with van der Waals surface area (Å²) in [5, 5.41) is 9.92. The molecule has 3 N–H and O–H groups in total. The monoisotopic (exact) mass is 211 g/mol. The second kappa shape index (κ2) is 4.49. The second-order valence-electron chi connectivity index (χ2n) is 5.03. The third kappa shape index (κ3) is 2.92. The van der Waals surface area contributed by atoms with Gasteiger partial charge < -0.3 is 16.0 Å². The smallest absolute Gasteiger partial charge is 0.221 e. The summed E-state index contributed by atoms with van der Waals surface area (Å²) in [4.78, 5) is 11.4. The molecule has 0 radical (unpaired) electrons. The molecule has 2 atom stereocenters. The van der Waals surface area contributed by atoms with Crippen LogP contribution >= 0.6 is 0 Å². The summed E-state index contributed by atoms with van der Waals surface area (Å²) in [6.45, 7) is 5.19. The Labute approximate surface area is 91.2 Å². The van der Waals surface area contributed by atoms with Crippen molar-refractivity contribution >= 4 is 5.91 Å². The first-order chi connectivity index (χ1) is 7.18. The van der Waals surface area contributed by atoms with Crippen LogP contribution < -0.4 is 16.0 Å². The van der Waals surface area contributed by atoms with Crippen molar-refractivity contribution in [2.45, 2.75) is 44.2 Å². The van der Waals surface area contributed by atoms with Crippen molar-refractivity contribution in [2.75, 3.05) is 19.6 Å². The molecule has 0 aromatic carbocycles. The van der Waals surface area contributed by atoms with Crippen LogP contribution in [0.4, 0.5) is 0 Å². The standard InChI is InChI=1S/C11H21N3O/c1-11(4-6-12-8-11)14-9-3-2-5-13-10(15)7-9/h9,12,14H,2-8H2,1H3,(H,13,15). The summed E-state index contributed by atoms with van der Waals surface area (Å²) in [7, 11) is 0. The molecule has 4 nitrogen and oxygen atoms in total. The summed E-state index contributed by atoms with van der Waals surface area (Å²) in [5.74, 6) is 0.194. The van der Waals surface area contributed by atoms with Crippen LogP contribution in [0, 0.1) is 0 Å². The van der Waals surface area contributed by atoms with Gasteiger partial charge >= 0.3 is 0 Å². The average Bonchev–Trinajstić information content (AvgIpc) is 2.49. The van der Waals surface area contributed by atoms with Crippen molar-refractivity contribution < 1.29 is 4.79 Å². The molecule has 2 unspecified atom stereocenters. The van der Waals surface area contributed by atoms with Crippen LogP contribution in [0.2, 0.25) is 0 Å². The van der Waals surface area contributed by atoms with E-state index in [1.807, 2.05) is 0 Å². The number of hydrogen-bond donors (Lipinski definition) is 3. The Kier molecular flexibility index (Phi) is 3.26. The molecule has 15 heavy (non-hydrogen) atoms. The van der Waals surface area contributed by atoms with Gasteiger partial charge in [0.1, 0.15) is 0 Å². The summed E-state index contributed by atoms with van der Waals surface area (Å²) in [5.41, 5.74) is 0.190. The van der Waals surface area contributed by atoms with Crippen molar-refractivity contribution in [3.63, 3.8) is 0 Å². The largest absolute Gasteiger partial charge is 0.356 e. The Hall–Kier alpha value is -0.610. The Bertz CT molecular complexity index is 236. The van der Waals surface area contributed by atoms with Gasteiger partial charge in [0.2, 0.25) is 5.91 Å². The van der Waals surface area contributed by atoms with Gasteiger partial charge in [0.05, 0.1) is 0 Å². The predicted molar refractivity (Wildman–Crippen MR) is 59.7 cm³/mol. The van der Waals surface area contributed by atoms with Crippen LogP contribution in [0.15, 0.2) is 0 Å². The number of carbonyl (C=O) groups is 1. The van der Waals surface area contributed by atoms with Gasteiger partial charge in [-0.2, -0.15) is 0 Å². The molecule has 2 aliphatic heterocycles. The van der Waals surface area contributed by atoms with E-state index < -0.39 is 0 Å². The zero-order valence-electron chi connectivity index (χ0n) is 9.44. The summed E-state index contributed by atoms with van der Waals surface area (Å²) in [6.07, 6.45) is 3.99. The van der Waals surface area contributed by atoms with E-state index in [9.17, 15) is 4.79 Å². The first-order valence-electron chi connectivity index (χ1n) is 5.93. The third-order valence-corrected chi connectivity index (χ3v) is 3.40. The van der Waals surface area contributed by atoms with Gasteiger partial charge in [-0.25, -0.2) is 0 Å². The molecule has 0 aromatic rings. The highest BCUT2D eigenvalue weighted by Crippen LogP contribution is 2.17. The summed E-state index contributed by atoms with van der Waals surface area (Å²) < 4.78 is 0. The summed E-state index contributed by atoms with van der Waals surface area (Å²) >= 11 is 0. The van der Waals surface area contributed by atoms with Crippen molar-refractivity contribution in [1.82, 2.24) is 16.0 Å². The van der Waals surface area contributed by atoms with Gasteiger partial charge in [0, 0.05) is 31.1 Å². The van der Waals surface area contributed by atoms with Gasteiger partial charge in [-0.1, -0.05) is 0 Å². The molecule has 4 heteroatoms. The van der Waals surface area contributed by atoms with E-state index in [0.717, 1.165) is 38.9 Å². The molecule has 0 aliphatic carbocycles. The van der Waals surface area contributed by atoms with Crippen LogP contribution in [0.1, 0.15) is 32.6 Å². The molecule has 1 amide bonds. The number of nitrogens with one attached hydrogen (secondary N) is 3. The normalized spacial score (nSPS) is 37.4. The lowest BCUT2D eigenvalue weighted by atomic mass is 9.98. The first kappa shape index (κ1) is 10.9. The highest BCUT2D eigenvalue weighted by molar-refractivity contribution is 5.76. The number of rotatable bonds is 2. The van der Waals surface area contributed by atoms with Gasteiger partial charge in [-0.15, -0.1) is 0 Å². The Morgan fingerprint density at radius 1 is 1.47 bits per heavy atom. The van der Waals surface area contributed by atoms with Crippen molar-refractivity contribution in [2.24, 2.45) is 0 Å². The first-order valence-corrected chi connectivity index (χ1v) is 5.93. The minimum absolute atomic E-state index is 0.190. The second-order valence-corrected chi connectivity index (χ2v) is 5.03. The van der Waals surface area contributed by atoms with Crippen LogP contribution in [0.5, 0.6) is 0 Å². The van der Waals surface area contributed by atoms with Crippen LogP contribution in [0.3, 0.4) is 0 Å². The number of hydrogen-bond acceptors (Lipinski definition) is 3. The van der Waals surface area contributed by atoms with Crippen molar-refractivity contribution in [3.8, 4) is 0 Å². The molecule has 0 spiro atoms. The molecule has 0 saturated carbocycles. The number of carbonyl (C=O) groups excluding carboxylic acids is 1. The van der Waals surface area contributed by atoms with Gasteiger partial charge in [0.15, 0.2) is 0 Å². The van der Waals surface area contributed by atoms with E-state index in [4.69, 9.17) is 0 Å². The molecule has 2 fully saturated rings. The Morgan fingerprint density at radius 3 is 3.07 bits per heavy atom. The Morgan fingerprint density at radius 2 is 2.33 bits per heavy atom. The third-order valence-electron chi connectivity index (χ3n) is 3.40. The lowest BCUT2D eigenvalue weighted by Gasteiger charge is -2.30. The topological polar surface area (TPSA) is 53.2 Å². The lowest BCUT2D eigenvalue weighted by molar-refractivity contribution is -0.121. The fourth-order valence-corrected chi connectivity index (χ4v) is 2.53. The highest BCUT2D eigenvalue weighted by Gasteiger charge is 2.31. The molecule has 0 aromatic heterocycles. The van der Waals surface area contributed by atoms with Crippen molar-refractivity contribution in [1.29, 1.82) is 0 Å². The van der Waals surface area contributed by atoms with Gasteiger partial charge in [-0.05, 0) is 32.7 Å². The Balaban J connectivity index is 1.89. The molecule has 86 valence electrons. The van der Waals surface area contributed by atoms with Crippen LogP contribution in [-0.4, -0.2) is 37.1 Å². The highest BCUT2D eigenvalue weighted by atomic mass is 16.1. The zero-order valence-corrected chi connectivity index (χ0v) is 9.44. The fraction of sp³-hybridized carbons (Fsp3) is 0.909. The predicted octanol–water partition coefficient (Wildman–Crippen LogP) is -0.00330. The quantitative estimate of drug-likeness (QED) is 0.602. The average molecular weight is 211 g/mol. The van der Waals surface area contributed by atoms with E-state index in [1.165, 1.54) is 0 Å². The minimum atomic E-state index is 0.190. The summed E-state index contributed by atoms with van der Waals surface area (Å²) in [6, 6.07) is 0.359. The SMILES string of the molecule is CC1(NC2CCCNC(=O)C2)CCNC1. The zero-order chi connectivity index (χ0) is 10.7. The van der Waals surface area contributed by atoms with Crippen LogP contribution in [0.25, 0.3) is 0 Å². The molecule has 2 saturated heterocycles. The maximum absolute atomic E-state index is 11.4. The van der Waals surface area contributed by atoms with Crippen molar-refractivity contribution in [3.05, 3.63) is 0 Å². The van der Waals surface area contributed by atoms with E-state index in [1.54, 1.807) is 0 Å². The lowest BCUT2D eigenvalue weighted by Crippen LogP contribution is -2.50. The van der Waals surface area contributed by atoms with Crippen LogP contribution in [-0.2, 0) is 4.79 Å². The molecular formula is C11H21N3O. The van der Waals surface area contributed by atoms with E-state index in [0.29, 0.717) is 12.5 Å². The maximum atomic E-state index is 11.4.